The number of rotatable bonds is 7. The molecule has 0 amide bonds. The van der Waals surface area contributed by atoms with Crippen molar-refractivity contribution < 1.29 is 0 Å². The fraction of sp³-hybridized carbons (Fsp3) is 0.619. The summed E-state index contributed by atoms with van der Waals surface area (Å²) >= 11 is 2.01. The van der Waals surface area contributed by atoms with E-state index in [9.17, 15) is 0 Å². The summed E-state index contributed by atoms with van der Waals surface area (Å²) in [6, 6.07) is 8.86. The number of piperidine rings is 1. The molecule has 0 radical (unpaired) electrons. The van der Waals surface area contributed by atoms with E-state index >= 15 is 0 Å². The van der Waals surface area contributed by atoms with Gasteiger partial charge < -0.3 is 19.6 Å². The van der Waals surface area contributed by atoms with Crippen LogP contribution in [-0.2, 0) is 0 Å². The van der Waals surface area contributed by atoms with E-state index in [0.29, 0.717) is 5.50 Å². The fourth-order valence-corrected chi connectivity index (χ4v) is 5.64. The van der Waals surface area contributed by atoms with Crippen molar-refractivity contribution in [2.45, 2.75) is 49.9 Å². The van der Waals surface area contributed by atoms with Gasteiger partial charge in [0.15, 0.2) is 5.50 Å². The fourth-order valence-electron chi connectivity index (χ4n) is 4.33. The third-order valence-electron chi connectivity index (χ3n) is 5.88. The van der Waals surface area contributed by atoms with Crippen LogP contribution in [0.25, 0.3) is 0 Å². The van der Waals surface area contributed by atoms with Gasteiger partial charge in [0.1, 0.15) is 5.82 Å². The first-order valence-corrected chi connectivity index (χ1v) is 11.2. The van der Waals surface area contributed by atoms with Crippen LogP contribution in [0, 0.1) is 0 Å². The molecular weight excluding hydrogens is 340 g/mol. The second-order valence-electron chi connectivity index (χ2n) is 7.43. The molecule has 0 aromatic heterocycles. The summed E-state index contributed by atoms with van der Waals surface area (Å²) in [5, 5.41) is 0. The highest BCUT2D eigenvalue weighted by Gasteiger charge is 2.41. The van der Waals surface area contributed by atoms with E-state index in [1.807, 2.05) is 11.8 Å². The van der Waals surface area contributed by atoms with Crippen LogP contribution in [0.1, 0.15) is 39.5 Å². The topological polar surface area (TPSA) is 13.0 Å². The predicted octanol–water partition coefficient (Wildman–Crippen LogP) is 4.21. The average molecular weight is 373 g/mol. The Labute approximate surface area is 162 Å². The maximum atomic E-state index is 2.67. The van der Waals surface area contributed by atoms with Gasteiger partial charge in [-0.25, -0.2) is 0 Å². The second-order valence-corrected chi connectivity index (χ2v) is 8.53. The molecule has 3 aliphatic rings. The SMILES string of the molecule is CCN(CC)CCCN1C(N2CCCCC2)=CN2c3ccccc3SC12. The summed E-state index contributed by atoms with van der Waals surface area (Å²) in [4.78, 5) is 11.7. The lowest BCUT2D eigenvalue weighted by Gasteiger charge is -2.37. The first-order chi connectivity index (χ1) is 12.8. The summed E-state index contributed by atoms with van der Waals surface area (Å²) in [7, 11) is 0. The Balaban J connectivity index is 1.51. The van der Waals surface area contributed by atoms with Crippen molar-refractivity contribution in [3.63, 3.8) is 0 Å². The van der Waals surface area contributed by atoms with Crippen molar-refractivity contribution >= 4 is 17.4 Å². The van der Waals surface area contributed by atoms with Crippen LogP contribution >= 0.6 is 11.8 Å². The van der Waals surface area contributed by atoms with Crippen molar-refractivity contribution in [2.24, 2.45) is 0 Å². The molecule has 1 saturated heterocycles. The number of fused-ring (bicyclic) bond motifs is 3. The molecule has 1 aromatic rings. The molecule has 26 heavy (non-hydrogen) atoms. The average Bonchev–Trinajstić information content (AvgIpc) is 3.22. The van der Waals surface area contributed by atoms with Crippen LogP contribution in [0.2, 0.25) is 0 Å². The van der Waals surface area contributed by atoms with Crippen LogP contribution < -0.4 is 4.90 Å². The number of para-hydroxylation sites is 1. The van der Waals surface area contributed by atoms with E-state index < -0.39 is 0 Å². The Morgan fingerprint density at radius 2 is 1.85 bits per heavy atom. The molecule has 1 fully saturated rings. The number of hydrogen-bond acceptors (Lipinski definition) is 5. The standard InChI is InChI=1S/C21H32N4S/c1-3-22(4-2)13-10-16-24-20(23-14-8-5-9-15-23)17-25-18-11-6-7-12-19(18)26-21(24)25/h6-7,11-12,17,21H,3-5,8-10,13-16H2,1-2H3. The highest BCUT2D eigenvalue weighted by molar-refractivity contribution is 8.00. The highest BCUT2D eigenvalue weighted by atomic mass is 32.2. The minimum Gasteiger partial charge on any atom is -0.357 e. The van der Waals surface area contributed by atoms with Crippen molar-refractivity contribution in [3.05, 3.63) is 36.3 Å². The van der Waals surface area contributed by atoms with E-state index in [2.05, 4.69) is 63.9 Å². The monoisotopic (exact) mass is 372 g/mol. The molecule has 0 bridgehead atoms. The van der Waals surface area contributed by atoms with E-state index in [1.54, 1.807) is 0 Å². The summed E-state index contributed by atoms with van der Waals surface area (Å²) < 4.78 is 0. The Morgan fingerprint density at radius 1 is 1.08 bits per heavy atom. The lowest BCUT2D eigenvalue weighted by molar-refractivity contribution is 0.184. The van der Waals surface area contributed by atoms with Crippen molar-refractivity contribution in [1.29, 1.82) is 0 Å². The summed E-state index contributed by atoms with van der Waals surface area (Å²) in [6.07, 6.45) is 7.70. The van der Waals surface area contributed by atoms with Gasteiger partial charge in [-0.15, -0.1) is 0 Å². The van der Waals surface area contributed by atoms with Crippen LogP contribution in [0.15, 0.2) is 41.2 Å². The number of anilines is 1. The largest absolute Gasteiger partial charge is 0.357 e. The maximum absolute atomic E-state index is 2.67. The maximum Gasteiger partial charge on any atom is 0.160 e. The van der Waals surface area contributed by atoms with Gasteiger partial charge in [-0.2, -0.15) is 0 Å². The Hall–Kier alpha value is -1.33. The van der Waals surface area contributed by atoms with Gasteiger partial charge in [-0.05, 0) is 57.5 Å². The van der Waals surface area contributed by atoms with E-state index in [0.717, 1.165) is 19.6 Å². The van der Waals surface area contributed by atoms with E-state index in [4.69, 9.17) is 0 Å². The Kier molecular flexibility index (Phi) is 5.65. The highest BCUT2D eigenvalue weighted by Crippen LogP contribution is 2.49. The van der Waals surface area contributed by atoms with Crippen molar-refractivity contribution in [3.8, 4) is 0 Å². The number of thioether (sulfide) groups is 1. The van der Waals surface area contributed by atoms with Gasteiger partial charge in [-0.3, -0.25) is 0 Å². The van der Waals surface area contributed by atoms with Crippen LogP contribution in [0.3, 0.4) is 0 Å². The van der Waals surface area contributed by atoms with Gasteiger partial charge in [0.25, 0.3) is 0 Å². The minimum atomic E-state index is 0.404. The summed E-state index contributed by atoms with van der Waals surface area (Å²) in [6.45, 7) is 11.6. The van der Waals surface area contributed by atoms with Crippen LogP contribution in [-0.4, -0.2) is 59.5 Å². The third-order valence-corrected chi connectivity index (χ3v) is 7.17. The molecule has 3 aliphatic heterocycles. The Bertz CT molecular complexity index is 637. The summed E-state index contributed by atoms with van der Waals surface area (Å²) in [5.74, 6) is 1.45. The minimum absolute atomic E-state index is 0.404. The van der Waals surface area contributed by atoms with Gasteiger partial charge in [-0.1, -0.05) is 37.7 Å². The number of benzene rings is 1. The van der Waals surface area contributed by atoms with E-state index in [1.165, 1.54) is 61.7 Å². The van der Waals surface area contributed by atoms with Gasteiger partial charge in [0.05, 0.1) is 5.69 Å². The number of likely N-dealkylation sites (tertiary alicyclic amines) is 1. The molecule has 0 saturated carbocycles. The molecule has 0 N–H and O–H groups in total. The van der Waals surface area contributed by atoms with Gasteiger partial charge >= 0.3 is 0 Å². The van der Waals surface area contributed by atoms with Gasteiger partial charge in [0.2, 0.25) is 0 Å². The third kappa shape index (κ3) is 3.44. The zero-order valence-corrected chi connectivity index (χ0v) is 17.0. The smallest absolute Gasteiger partial charge is 0.160 e. The molecule has 0 aliphatic carbocycles. The molecule has 1 atom stereocenters. The first kappa shape index (κ1) is 18.1. The summed E-state index contributed by atoms with van der Waals surface area (Å²) in [5.41, 5.74) is 1.78. The van der Waals surface area contributed by atoms with Crippen LogP contribution in [0.4, 0.5) is 5.69 Å². The molecule has 4 nitrogen and oxygen atoms in total. The normalized spacial score (nSPS) is 22.0. The number of hydrogen-bond donors (Lipinski definition) is 0. The lowest BCUT2D eigenvalue weighted by atomic mass is 10.1. The Morgan fingerprint density at radius 3 is 2.62 bits per heavy atom. The van der Waals surface area contributed by atoms with Gasteiger partial charge in [0, 0.05) is 30.7 Å². The molecular formula is C21H32N4S. The zero-order chi connectivity index (χ0) is 17.9. The molecule has 1 aromatic carbocycles. The molecule has 5 heteroatoms. The second kappa shape index (κ2) is 8.13. The molecule has 1 unspecified atom stereocenters. The zero-order valence-electron chi connectivity index (χ0n) is 16.2. The molecule has 4 rings (SSSR count). The van der Waals surface area contributed by atoms with Crippen molar-refractivity contribution in [1.82, 2.24) is 14.7 Å². The quantitative estimate of drug-likeness (QED) is 0.709. The first-order valence-electron chi connectivity index (χ1n) is 10.3. The number of nitrogens with zero attached hydrogens (tertiary/aromatic N) is 4. The predicted molar refractivity (Wildman–Crippen MR) is 111 cm³/mol. The van der Waals surface area contributed by atoms with Crippen molar-refractivity contribution in [2.75, 3.05) is 44.2 Å². The lowest BCUT2D eigenvalue weighted by Crippen LogP contribution is -2.42. The molecule has 3 heterocycles. The molecule has 142 valence electrons. The van der Waals surface area contributed by atoms with E-state index in [-0.39, 0.29) is 0 Å². The molecule has 0 spiro atoms. The van der Waals surface area contributed by atoms with Crippen LogP contribution in [0.5, 0.6) is 0 Å².